The Morgan fingerprint density at radius 2 is 2.12 bits per heavy atom. The van der Waals surface area contributed by atoms with Crippen molar-refractivity contribution in [3.8, 4) is 0 Å². The summed E-state index contributed by atoms with van der Waals surface area (Å²) in [5.74, 6) is -0.815. The lowest BCUT2D eigenvalue weighted by Gasteiger charge is -2.16. The van der Waals surface area contributed by atoms with Gasteiger partial charge in [-0.25, -0.2) is 9.78 Å². The van der Waals surface area contributed by atoms with Crippen molar-refractivity contribution in [3.63, 3.8) is 0 Å². The van der Waals surface area contributed by atoms with Gasteiger partial charge in [0.25, 0.3) is 0 Å². The third kappa shape index (κ3) is 2.17. The van der Waals surface area contributed by atoms with Gasteiger partial charge in [0, 0.05) is 19.2 Å². The first-order valence-electron chi connectivity index (χ1n) is 5.22. The number of aromatic carboxylic acids is 1. The molecule has 7 heteroatoms. The van der Waals surface area contributed by atoms with Crippen LogP contribution in [0.5, 0.6) is 0 Å². The summed E-state index contributed by atoms with van der Waals surface area (Å²) < 4.78 is 0. The van der Waals surface area contributed by atoms with E-state index in [0.717, 1.165) is 32.1 Å². The monoisotopic (exact) mass is 237 g/mol. The molecule has 0 aliphatic carbocycles. The van der Waals surface area contributed by atoms with Gasteiger partial charge >= 0.3 is 11.7 Å². The van der Waals surface area contributed by atoms with E-state index in [0.29, 0.717) is 5.82 Å². The number of nitro groups is 1. The van der Waals surface area contributed by atoms with Gasteiger partial charge in [-0.1, -0.05) is 0 Å². The standard InChI is InChI=1S/C10H11N3O4/c14-10(15)7-5-9(12-3-1-2-4-12)11-6-8(7)13(16)17/h5-6H,1-4H2,(H,14,15). The topological polar surface area (TPSA) is 96.6 Å². The fraction of sp³-hybridized carbons (Fsp3) is 0.400. The molecule has 17 heavy (non-hydrogen) atoms. The fourth-order valence-electron chi connectivity index (χ4n) is 1.87. The molecule has 2 rings (SSSR count). The molecule has 7 nitrogen and oxygen atoms in total. The number of pyridine rings is 1. The minimum Gasteiger partial charge on any atom is -0.477 e. The van der Waals surface area contributed by atoms with Crippen LogP contribution in [-0.2, 0) is 0 Å². The molecule has 0 bridgehead atoms. The Morgan fingerprint density at radius 1 is 1.47 bits per heavy atom. The van der Waals surface area contributed by atoms with Gasteiger partial charge in [0.2, 0.25) is 0 Å². The molecule has 0 spiro atoms. The summed E-state index contributed by atoms with van der Waals surface area (Å²) in [5.41, 5.74) is -0.785. The van der Waals surface area contributed by atoms with Crippen LogP contribution in [0.2, 0.25) is 0 Å². The number of carbonyl (C=O) groups is 1. The van der Waals surface area contributed by atoms with E-state index in [1.54, 1.807) is 0 Å². The highest BCUT2D eigenvalue weighted by molar-refractivity contribution is 5.93. The van der Waals surface area contributed by atoms with Gasteiger partial charge in [-0.3, -0.25) is 10.1 Å². The first-order chi connectivity index (χ1) is 8.09. The average Bonchev–Trinajstić information content (AvgIpc) is 2.81. The Bertz CT molecular complexity index is 469. The number of carboxylic acid groups (broad SMARTS) is 1. The summed E-state index contributed by atoms with van der Waals surface area (Å²) in [6, 6.07) is 1.27. The van der Waals surface area contributed by atoms with Gasteiger partial charge in [0.15, 0.2) is 0 Å². The van der Waals surface area contributed by atoms with Crippen LogP contribution in [0.25, 0.3) is 0 Å². The molecule has 1 aromatic heterocycles. The molecule has 1 aromatic rings. The van der Waals surface area contributed by atoms with Crippen LogP contribution in [0.4, 0.5) is 11.5 Å². The molecule has 90 valence electrons. The highest BCUT2D eigenvalue weighted by Gasteiger charge is 2.23. The third-order valence-corrected chi connectivity index (χ3v) is 2.73. The Kier molecular flexibility index (Phi) is 2.90. The molecule has 0 saturated carbocycles. The van der Waals surface area contributed by atoms with E-state index in [4.69, 9.17) is 5.11 Å². The van der Waals surface area contributed by atoms with E-state index in [1.165, 1.54) is 6.07 Å². The van der Waals surface area contributed by atoms with Gasteiger partial charge in [-0.15, -0.1) is 0 Å². The highest BCUT2D eigenvalue weighted by atomic mass is 16.6. The van der Waals surface area contributed by atoms with Crippen LogP contribution in [0.15, 0.2) is 12.3 Å². The van der Waals surface area contributed by atoms with Gasteiger partial charge in [0.05, 0.1) is 4.92 Å². The zero-order valence-electron chi connectivity index (χ0n) is 9.00. The summed E-state index contributed by atoms with van der Waals surface area (Å²) in [4.78, 5) is 26.7. The van der Waals surface area contributed by atoms with Crippen molar-refractivity contribution in [2.75, 3.05) is 18.0 Å². The third-order valence-electron chi connectivity index (χ3n) is 2.73. The van der Waals surface area contributed by atoms with E-state index in [1.807, 2.05) is 4.90 Å². The minimum absolute atomic E-state index is 0.313. The van der Waals surface area contributed by atoms with Crippen LogP contribution in [0.1, 0.15) is 23.2 Å². The SMILES string of the molecule is O=C(O)c1cc(N2CCCC2)ncc1[N+](=O)[O-]. The van der Waals surface area contributed by atoms with Crippen LogP contribution < -0.4 is 4.90 Å². The quantitative estimate of drug-likeness (QED) is 0.628. The van der Waals surface area contributed by atoms with E-state index in [-0.39, 0.29) is 5.56 Å². The second-order valence-corrected chi connectivity index (χ2v) is 3.82. The molecular weight excluding hydrogens is 226 g/mol. The number of aromatic nitrogens is 1. The second kappa shape index (κ2) is 4.36. The number of carboxylic acids is 1. The number of nitrogens with zero attached hydrogens (tertiary/aromatic N) is 3. The van der Waals surface area contributed by atoms with Crippen molar-refractivity contribution in [2.24, 2.45) is 0 Å². The van der Waals surface area contributed by atoms with Crippen molar-refractivity contribution in [1.29, 1.82) is 0 Å². The van der Waals surface area contributed by atoms with Gasteiger partial charge in [-0.05, 0) is 12.8 Å². The lowest BCUT2D eigenvalue weighted by atomic mass is 10.2. The Labute approximate surface area is 96.8 Å². The van der Waals surface area contributed by atoms with Crippen LogP contribution in [0, 0.1) is 10.1 Å². The largest absolute Gasteiger partial charge is 0.477 e. The lowest BCUT2D eigenvalue weighted by molar-refractivity contribution is -0.385. The first-order valence-corrected chi connectivity index (χ1v) is 5.22. The van der Waals surface area contributed by atoms with Crippen molar-refractivity contribution >= 4 is 17.5 Å². The first kappa shape index (κ1) is 11.3. The van der Waals surface area contributed by atoms with E-state index < -0.39 is 16.6 Å². The normalized spacial score (nSPS) is 14.9. The van der Waals surface area contributed by atoms with Gasteiger partial charge in [-0.2, -0.15) is 0 Å². The molecule has 1 saturated heterocycles. The van der Waals surface area contributed by atoms with Gasteiger partial charge < -0.3 is 10.0 Å². The number of rotatable bonds is 3. The summed E-state index contributed by atoms with van der Waals surface area (Å²) in [6.45, 7) is 1.62. The lowest BCUT2D eigenvalue weighted by Crippen LogP contribution is -2.19. The van der Waals surface area contributed by atoms with Crippen molar-refractivity contribution < 1.29 is 14.8 Å². The van der Waals surface area contributed by atoms with E-state index >= 15 is 0 Å². The molecule has 1 fully saturated rings. The van der Waals surface area contributed by atoms with E-state index in [2.05, 4.69) is 4.98 Å². The maximum Gasteiger partial charge on any atom is 0.342 e. The maximum absolute atomic E-state index is 10.9. The molecule has 2 heterocycles. The molecule has 0 unspecified atom stereocenters. The zero-order valence-corrected chi connectivity index (χ0v) is 9.00. The summed E-state index contributed by atoms with van der Waals surface area (Å²) in [5, 5.41) is 19.6. The summed E-state index contributed by atoms with van der Waals surface area (Å²) >= 11 is 0. The Balaban J connectivity index is 2.41. The highest BCUT2D eigenvalue weighted by Crippen LogP contribution is 2.24. The molecule has 0 amide bonds. The summed E-state index contributed by atoms with van der Waals surface area (Å²) in [6.07, 6.45) is 3.07. The van der Waals surface area contributed by atoms with Crippen molar-refractivity contribution in [3.05, 3.63) is 27.9 Å². The van der Waals surface area contributed by atoms with Crippen molar-refractivity contribution in [1.82, 2.24) is 4.98 Å². The predicted molar refractivity (Wildman–Crippen MR) is 59.3 cm³/mol. The Hall–Kier alpha value is -2.18. The molecule has 1 aliphatic heterocycles. The number of hydrogen-bond donors (Lipinski definition) is 1. The molecule has 1 N–H and O–H groups in total. The molecule has 0 atom stereocenters. The zero-order chi connectivity index (χ0) is 12.4. The van der Waals surface area contributed by atoms with E-state index in [9.17, 15) is 14.9 Å². The molecule has 1 aliphatic rings. The average molecular weight is 237 g/mol. The van der Waals surface area contributed by atoms with Crippen LogP contribution >= 0.6 is 0 Å². The fourth-order valence-corrected chi connectivity index (χ4v) is 1.87. The number of hydrogen-bond acceptors (Lipinski definition) is 5. The maximum atomic E-state index is 10.9. The Morgan fingerprint density at radius 3 is 2.65 bits per heavy atom. The molecule has 0 aromatic carbocycles. The number of anilines is 1. The second-order valence-electron chi connectivity index (χ2n) is 3.82. The predicted octanol–water partition coefficient (Wildman–Crippen LogP) is 1.29. The minimum atomic E-state index is -1.31. The van der Waals surface area contributed by atoms with Gasteiger partial charge in [0.1, 0.15) is 17.6 Å². The molecule has 0 radical (unpaired) electrons. The molecular formula is C10H11N3O4. The van der Waals surface area contributed by atoms with Crippen LogP contribution in [-0.4, -0.2) is 34.1 Å². The smallest absolute Gasteiger partial charge is 0.342 e. The van der Waals surface area contributed by atoms with Crippen LogP contribution in [0.3, 0.4) is 0 Å². The summed E-state index contributed by atoms with van der Waals surface area (Å²) in [7, 11) is 0. The van der Waals surface area contributed by atoms with Crippen molar-refractivity contribution in [2.45, 2.75) is 12.8 Å².